The van der Waals surface area contributed by atoms with Crippen LogP contribution in [0.1, 0.15) is 27.2 Å². The number of hydrogen-bond acceptors (Lipinski definition) is 4. The van der Waals surface area contributed by atoms with Crippen LogP contribution >= 0.6 is 0 Å². The molecule has 3 aromatic rings. The normalized spacial score (nSPS) is 9.89. The summed E-state index contributed by atoms with van der Waals surface area (Å²) in [5.41, 5.74) is 2.62. The summed E-state index contributed by atoms with van der Waals surface area (Å²) in [4.78, 5) is 12.5. The van der Waals surface area contributed by atoms with Crippen LogP contribution in [0.25, 0.3) is 0 Å². The minimum absolute atomic E-state index is 0.125. The average molecular weight is 372 g/mol. The van der Waals surface area contributed by atoms with Gasteiger partial charge in [-0.2, -0.15) is 0 Å². The molecule has 0 saturated carbocycles. The van der Waals surface area contributed by atoms with Gasteiger partial charge in [-0.15, -0.1) is 0 Å². The first-order valence-corrected chi connectivity index (χ1v) is 8.77. The van der Waals surface area contributed by atoms with E-state index in [1.807, 2.05) is 42.5 Å². The molecule has 4 heteroatoms. The lowest BCUT2D eigenvalue weighted by Gasteiger charge is -2.08. The maximum Gasteiger partial charge on any atom is 0.339 e. The maximum absolute atomic E-state index is 12.5. The number of carbonyl (C=O) groups excluding carboxylic acids is 1. The number of hydrogen-bond donors (Lipinski definition) is 0. The van der Waals surface area contributed by atoms with E-state index in [4.69, 9.17) is 13.9 Å². The number of carbonyl (C=O) groups is 1. The molecule has 0 amide bonds. The maximum atomic E-state index is 12.5. The first-order chi connectivity index (χ1) is 13.7. The number of benzene rings is 2. The van der Waals surface area contributed by atoms with Crippen molar-refractivity contribution in [3.8, 4) is 17.6 Å². The summed E-state index contributed by atoms with van der Waals surface area (Å²) in [6, 6.07) is 18.2. The smallest absolute Gasteiger partial charge is 0.339 e. The molecule has 0 fully saturated rings. The quantitative estimate of drug-likeness (QED) is 0.359. The van der Waals surface area contributed by atoms with Crippen molar-refractivity contribution in [2.45, 2.75) is 6.42 Å². The standard InChI is InChI=1S/C24H20O4/c1-18(16-22-7-5-15-27-22)17-28-24(25)23-8-4-3-6-20(23)12-9-19-10-13-21(26-2)14-11-19/h3-8,10-11,13-15H,1,16-17H2,2H3. The van der Waals surface area contributed by atoms with Gasteiger partial charge in [0, 0.05) is 17.5 Å². The molecule has 0 spiro atoms. The van der Waals surface area contributed by atoms with Crippen molar-refractivity contribution in [2.75, 3.05) is 13.7 Å². The van der Waals surface area contributed by atoms with Crippen LogP contribution < -0.4 is 4.74 Å². The highest BCUT2D eigenvalue weighted by molar-refractivity contribution is 5.92. The van der Waals surface area contributed by atoms with Crippen molar-refractivity contribution in [3.63, 3.8) is 0 Å². The Morgan fingerprint density at radius 2 is 1.82 bits per heavy atom. The van der Waals surface area contributed by atoms with Crippen molar-refractivity contribution >= 4 is 5.97 Å². The van der Waals surface area contributed by atoms with Gasteiger partial charge < -0.3 is 13.9 Å². The van der Waals surface area contributed by atoms with E-state index < -0.39 is 5.97 Å². The number of rotatable bonds is 6. The van der Waals surface area contributed by atoms with Gasteiger partial charge in [0.2, 0.25) is 0 Å². The summed E-state index contributed by atoms with van der Waals surface area (Å²) in [5.74, 6) is 7.22. The molecule has 0 aliphatic carbocycles. The van der Waals surface area contributed by atoms with Crippen LogP contribution in [-0.4, -0.2) is 19.7 Å². The molecule has 1 aromatic heterocycles. The fourth-order valence-electron chi connectivity index (χ4n) is 2.54. The van der Waals surface area contributed by atoms with Crippen LogP contribution in [0.3, 0.4) is 0 Å². The molecule has 0 saturated heterocycles. The molecule has 4 nitrogen and oxygen atoms in total. The van der Waals surface area contributed by atoms with Gasteiger partial charge in [0.25, 0.3) is 0 Å². The molecule has 0 aliphatic heterocycles. The lowest BCUT2D eigenvalue weighted by atomic mass is 10.1. The Hall–Kier alpha value is -3.71. The fraction of sp³-hybridized carbons (Fsp3) is 0.125. The molecular formula is C24H20O4. The summed E-state index contributed by atoms with van der Waals surface area (Å²) < 4.78 is 15.8. The number of methoxy groups -OCH3 is 1. The Balaban J connectivity index is 1.66. The Morgan fingerprint density at radius 3 is 2.54 bits per heavy atom. The Labute approximate surface area is 164 Å². The van der Waals surface area contributed by atoms with Gasteiger partial charge >= 0.3 is 5.97 Å². The van der Waals surface area contributed by atoms with Gasteiger partial charge in [-0.05, 0) is 54.1 Å². The third kappa shape index (κ3) is 5.15. The molecule has 140 valence electrons. The lowest BCUT2D eigenvalue weighted by Crippen LogP contribution is -2.10. The first kappa shape index (κ1) is 19.1. The number of esters is 1. The van der Waals surface area contributed by atoms with E-state index in [1.54, 1.807) is 31.6 Å². The fourth-order valence-corrected chi connectivity index (χ4v) is 2.54. The van der Waals surface area contributed by atoms with Crippen LogP contribution in [0.15, 0.2) is 83.5 Å². The van der Waals surface area contributed by atoms with Gasteiger partial charge in [0.15, 0.2) is 0 Å². The van der Waals surface area contributed by atoms with Gasteiger partial charge in [-0.3, -0.25) is 0 Å². The highest BCUT2D eigenvalue weighted by Crippen LogP contribution is 2.13. The monoisotopic (exact) mass is 372 g/mol. The van der Waals surface area contributed by atoms with Gasteiger partial charge in [0.1, 0.15) is 18.1 Å². The zero-order valence-corrected chi connectivity index (χ0v) is 15.6. The van der Waals surface area contributed by atoms with E-state index >= 15 is 0 Å². The SMILES string of the molecule is C=C(COC(=O)c1ccccc1C#Cc1ccc(OC)cc1)Cc1ccco1. The second-order valence-electron chi connectivity index (χ2n) is 6.11. The number of furan rings is 1. The average Bonchev–Trinajstić information content (AvgIpc) is 3.24. The molecule has 0 atom stereocenters. The van der Waals surface area contributed by atoms with Crippen LogP contribution in [0.4, 0.5) is 0 Å². The van der Waals surface area contributed by atoms with E-state index in [1.165, 1.54) is 0 Å². The summed E-state index contributed by atoms with van der Waals surface area (Å²) >= 11 is 0. The molecule has 2 aromatic carbocycles. The van der Waals surface area contributed by atoms with Crippen molar-refractivity contribution < 1.29 is 18.7 Å². The summed E-state index contributed by atoms with van der Waals surface area (Å²) in [7, 11) is 1.62. The molecule has 28 heavy (non-hydrogen) atoms. The molecule has 0 radical (unpaired) electrons. The van der Waals surface area contributed by atoms with Gasteiger partial charge in [-0.25, -0.2) is 4.79 Å². The van der Waals surface area contributed by atoms with E-state index in [0.29, 0.717) is 17.5 Å². The largest absolute Gasteiger partial charge is 0.497 e. The van der Waals surface area contributed by atoms with Crippen molar-refractivity contribution in [2.24, 2.45) is 0 Å². The minimum Gasteiger partial charge on any atom is -0.497 e. The zero-order valence-electron chi connectivity index (χ0n) is 15.6. The molecule has 0 aliphatic rings. The molecule has 0 unspecified atom stereocenters. The Bertz CT molecular complexity index is 1000. The third-order valence-electron chi connectivity index (χ3n) is 3.99. The van der Waals surface area contributed by atoms with Crippen LogP contribution in [0, 0.1) is 11.8 Å². The minimum atomic E-state index is -0.430. The molecular weight excluding hydrogens is 352 g/mol. The van der Waals surface area contributed by atoms with Crippen molar-refractivity contribution in [1.29, 1.82) is 0 Å². The predicted molar refractivity (Wildman–Crippen MR) is 107 cm³/mol. The van der Waals surface area contributed by atoms with E-state index in [-0.39, 0.29) is 6.61 Å². The third-order valence-corrected chi connectivity index (χ3v) is 3.99. The van der Waals surface area contributed by atoms with Crippen LogP contribution in [-0.2, 0) is 11.2 Å². The second-order valence-corrected chi connectivity index (χ2v) is 6.11. The summed E-state index contributed by atoms with van der Waals surface area (Å²) in [6.07, 6.45) is 2.13. The topological polar surface area (TPSA) is 48.7 Å². The predicted octanol–water partition coefficient (Wildman–Crippen LogP) is 4.64. The summed E-state index contributed by atoms with van der Waals surface area (Å²) in [6.45, 7) is 4.06. The molecule has 0 bridgehead atoms. The zero-order chi connectivity index (χ0) is 19.8. The molecule has 3 rings (SSSR count). The first-order valence-electron chi connectivity index (χ1n) is 8.77. The number of ether oxygens (including phenoxy) is 2. The van der Waals surface area contributed by atoms with Crippen molar-refractivity contribution in [3.05, 3.63) is 102 Å². The Morgan fingerprint density at radius 1 is 1.04 bits per heavy atom. The van der Waals surface area contributed by atoms with Gasteiger partial charge in [-0.1, -0.05) is 30.6 Å². The summed E-state index contributed by atoms with van der Waals surface area (Å²) in [5, 5.41) is 0. The van der Waals surface area contributed by atoms with E-state index in [2.05, 4.69) is 18.4 Å². The van der Waals surface area contributed by atoms with Gasteiger partial charge in [0.05, 0.1) is 18.9 Å². The molecule has 0 N–H and O–H groups in total. The molecule has 1 heterocycles. The van der Waals surface area contributed by atoms with Crippen molar-refractivity contribution in [1.82, 2.24) is 0 Å². The highest BCUT2D eigenvalue weighted by Gasteiger charge is 2.12. The van der Waals surface area contributed by atoms with E-state index in [9.17, 15) is 4.79 Å². The lowest BCUT2D eigenvalue weighted by molar-refractivity contribution is 0.0537. The Kier molecular flexibility index (Phi) is 6.33. The second kappa shape index (κ2) is 9.29. The van der Waals surface area contributed by atoms with Crippen LogP contribution in [0.2, 0.25) is 0 Å². The highest BCUT2D eigenvalue weighted by atomic mass is 16.5. The van der Waals surface area contributed by atoms with E-state index in [0.717, 1.165) is 22.6 Å². The van der Waals surface area contributed by atoms with Crippen LogP contribution in [0.5, 0.6) is 5.75 Å².